The molecule has 106 valence electrons. The van der Waals surface area contributed by atoms with Gasteiger partial charge in [-0.2, -0.15) is 5.26 Å². The average Bonchev–Trinajstić information content (AvgIpc) is 3.05. The second-order valence-corrected chi connectivity index (χ2v) is 6.81. The van der Waals surface area contributed by atoms with Crippen molar-refractivity contribution in [1.29, 1.82) is 5.26 Å². The summed E-state index contributed by atoms with van der Waals surface area (Å²) in [6.45, 7) is 4.38. The fourth-order valence-electron chi connectivity index (χ4n) is 2.70. The lowest BCUT2D eigenvalue weighted by Crippen LogP contribution is -1.88. The molecule has 1 aromatic heterocycles. The molecule has 0 fully saturated rings. The quantitative estimate of drug-likeness (QED) is 0.735. The summed E-state index contributed by atoms with van der Waals surface area (Å²) in [4.78, 5) is 5.91. The van der Waals surface area contributed by atoms with Crippen LogP contribution < -0.4 is 0 Å². The molecule has 0 bridgehead atoms. The molecule has 1 aromatic carbocycles. The van der Waals surface area contributed by atoms with Crippen molar-refractivity contribution >= 4 is 22.6 Å². The van der Waals surface area contributed by atoms with Crippen molar-refractivity contribution in [3.05, 3.63) is 51.4 Å². The lowest BCUT2D eigenvalue weighted by molar-refractivity contribution is 0.866. The van der Waals surface area contributed by atoms with Crippen molar-refractivity contribution in [2.45, 2.75) is 39.0 Å². The van der Waals surface area contributed by atoms with E-state index in [0.717, 1.165) is 29.0 Å². The van der Waals surface area contributed by atoms with Gasteiger partial charge in [-0.1, -0.05) is 38.1 Å². The van der Waals surface area contributed by atoms with Crippen LogP contribution in [0.4, 0.5) is 5.00 Å². The van der Waals surface area contributed by atoms with Gasteiger partial charge in [0.1, 0.15) is 11.1 Å². The zero-order chi connectivity index (χ0) is 14.8. The van der Waals surface area contributed by atoms with Gasteiger partial charge in [-0.25, -0.2) is 4.99 Å². The van der Waals surface area contributed by atoms with Gasteiger partial charge in [-0.3, -0.25) is 0 Å². The number of aryl methyl sites for hydroxylation is 1. The molecule has 0 unspecified atom stereocenters. The smallest absolute Gasteiger partial charge is 0.134 e. The molecular formula is C18H18N2S. The summed E-state index contributed by atoms with van der Waals surface area (Å²) in [5, 5.41) is 10.2. The van der Waals surface area contributed by atoms with Crippen LogP contribution in [0.25, 0.3) is 0 Å². The molecule has 0 saturated carbocycles. The SMILES string of the molecule is CC(C)c1ccc(C=Nc2sc3c(c2C#N)CCC3)cc1. The molecule has 0 radical (unpaired) electrons. The van der Waals surface area contributed by atoms with Crippen molar-refractivity contribution in [2.24, 2.45) is 4.99 Å². The maximum Gasteiger partial charge on any atom is 0.134 e. The normalized spacial score (nSPS) is 13.8. The van der Waals surface area contributed by atoms with Crippen LogP contribution in [0.15, 0.2) is 29.3 Å². The third-order valence-electron chi connectivity index (χ3n) is 3.95. The van der Waals surface area contributed by atoms with Crippen molar-refractivity contribution in [2.75, 3.05) is 0 Å². The number of fused-ring (bicyclic) bond motifs is 1. The molecule has 0 amide bonds. The third kappa shape index (κ3) is 2.77. The fourth-order valence-corrected chi connectivity index (χ4v) is 3.88. The zero-order valence-electron chi connectivity index (χ0n) is 12.4. The summed E-state index contributed by atoms with van der Waals surface area (Å²) in [5.74, 6) is 0.543. The number of benzene rings is 1. The Hall–Kier alpha value is -1.92. The summed E-state index contributed by atoms with van der Waals surface area (Å²) in [7, 11) is 0. The maximum atomic E-state index is 9.35. The van der Waals surface area contributed by atoms with Gasteiger partial charge in [0.05, 0.1) is 5.56 Å². The highest BCUT2D eigenvalue weighted by Crippen LogP contribution is 2.40. The predicted octanol–water partition coefficient (Wildman–Crippen LogP) is 4.98. The van der Waals surface area contributed by atoms with E-state index in [0.29, 0.717) is 5.92 Å². The van der Waals surface area contributed by atoms with Gasteiger partial charge in [-0.15, -0.1) is 11.3 Å². The first kappa shape index (κ1) is 14.0. The second-order valence-electron chi connectivity index (χ2n) is 5.73. The first-order valence-corrected chi connectivity index (χ1v) is 8.19. The minimum atomic E-state index is 0.543. The van der Waals surface area contributed by atoms with Crippen molar-refractivity contribution < 1.29 is 0 Å². The topological polar surface area (TPSA) is 36.1 Å². The lowest BCUT2D eigenvalue weighted by Gasteiger charge is -2.04. The van der Waals surface area contributed by atoms with E-state index in [-0.39, 0.29) is 0 Å². The number of thiophene rings is 1. The standard InChI is InChI=1S/C18H18N2S/c1-12(2)14-8-6-13(7-9-14)11-20-18-16(10-19)15-4-3-5-17(15)21-18/h6-9,11-12H,3-5H2,1-2H3. The van der Waals surface area contributed by atoms with Crippen LogP contribution in [-0.2, 0) is 12.8 Å². The zero-order valence-corrected chi connectivity index (χ0v) is 13.2. The molecule has 1 aliphatic rings. The number of aliphatic imine (C=N–C) groups is 1. The molecular weight excluding hydrogens is 276 g/mol. The lowest BCUT2D eigenvalue weighted by atomic mass is 10.0. The molecule has 0 N–H and O–H groups in total. The highest BCUT2D eigenvalue weighted by Gasteiger charge is 2.21. The van der Waals surface area contributed by atoms with Crippen LogP contribution in [0.5, 0.6) is 0 Å². The molecule has 0 spiro atoms. The first-order valence-electron chi connectivity index (χ1n) is 7.37. The molecule has 3 heteroatoms. The van der Waals surface area contributed by atoms with E-state index < -0.39 is 0 Å². The Morgan fingerprint density at radius 3 is 2.67 bits per heavy atom. The Balaban J connectivity index is 1.85. The Morgan fingerprint density at radius 2 is 2.00 bits per heavy atom. The monoisotopic (exact) mass is 294 g/mol. The summed E-state index contributed by atoms with van der Waals surface area (Å²) >= 11 is 1.68. The van der Waals surface area contributed by atoms with Crippen molar-refractivity contribution in [3.63, 3.8) is 0 Å². The summed E-state index contributed by atoms with van der Waals surface area (Å²) in [6, 6.07) is 10.8. The van der Waals surface area contributed by atoms with E-state index in [1.54, 1.807) is 11.3 Å². The van der Waals surface area contributed by atoms with Gasteiger partial charge in [0.2, 0.25) is 0 Å². The Labute approximate surface area is 129 Å². The van der Waals surface area contributed by atoms with Crippen LogP contribution in [0.2, 0.25) is 0 Å². The molecule has 21 heavy (non-hydrogen) atoms. The van der Waals surface area contributed by atoms with E-state index in [2.05, 4.69) is 49.2 Å². The molecule has 2 nitrogen and oxygen atoms in total. The summed E-state index contributed by atoms with van der Waals surface area (Å²) < 4.78 is 0. The van der Waals surface area contributed by atoms with Crippen LogP contribution in [0, 0.1) is 11.3 Å². The number of hydrogen-bond acceptors (Lipinski definition) is 3. The number of hydrogen-bond donors (Lipinski definition) is 0. The van der Waals surface area contributed by atoms with E-state index in [1.165, 1.54) is 22.4 Å². The first-order chi connectivity index (χ1) is 10.2. The van der Waals surface area contributed by atoms with Crippen LogP contribution in [-0.4, -0.2) is 6.21 Å². The van der Waals surface area contributed by atoms with E-state index in [1.807, 2.05) is 6.21 Å². The molecule has 0 saturated heterocycles. The number of nitrogens with zero attached hydrogens (tertiary/aromatic N) is 2. The molecule has 1 heterocycles. The van der Waals surface area contributed by atoms with E-state index in [4.69, 9.17) is 0 Å². The van der Waals surface area contributed by atoms with E-state index >= 15 is 0 Å². The van der Waals surface area contributed by atoms with Gasteiger partial charge in [0, 0.05) is 11.1 Å². The van der Waals surface area contributed by atoms with Crippen LogP contribution in [0.3, 0.4) is 0 Å². The predicted molar refractivity (Wildman–Crippen MR) is 88.8 cm³/mol. The number of nitriles is 1. The molecule has 2 aromatic rings. The van der Waals surface area contributed by atoms with Gasteiger partial charge >= 0.3 is 0 Å². The van der Waals surface area contributed by atoms with Crippen LogP contribution in [0.1, 0.15) is 53.3 Å². The Morgan fingerprint density at radius 1 is 1.24 bits per heavy atom. The average molecular weight is 294 g/mol. The van der Waals surface area contributed by atoms with Gasteiger partial charge in [0.15, 0.2) is 0 Å². The van der Waals surface area contributed by atoms with Gasteiger partial charge in [-0.05, 0) is 41.9 Å². The third-order valence-corrected chi connectivity index (χ3v) is 5.15. The minimum Gasteiger partial charge on any atom is -0.244 e. The molecule has 0 aliphatic heterocycles. The molecule has 3 rings (SSSR count). The van der Waals surface area contributed by atoms with E-state index in [9.17, 15) is 5.26 Å². The highest BCUT2D eigenvalue weighted by molar-refractivity contribution is 7.16. The van der Waals surface area contributed by atoms with Crippen molar-refractivity contribution in [3.8, 4) is 6.07 Å². The Kier molecular flexibility index (Phi) is 3.90. The van der Waals surface area contributed by atoms with Gasteiger partial charge < -0.3 is 0 Å². The maximum absolute atomic E-state index is 9.35. The largest absolute Gasteiger partial charge is 0.244 e. The second kappa shape index (κ2) is 5.83. The summed E-state index contributed by atoms with van der Waals surface area (Å²) in [6.07, 6.45) is 5.18. The highest BCUT2D eigenvalue weighted by atomic mass is 32.1. The molecule has 1 aliphatic carbocycles. The number of rotatable bonds is 3. The van der Waals surface area contributed by atoms with Crippen LogP contribution >= 0.6 is 11.3 Å². The fraction of sp³-hybridized carbons (Fsp3) is 0.333. The summed E-state index contributed by atoms with van der Waals surface area (Å²) in [5.41, 5.74) is 4.45. The molecule has 0 atom stereocenters. The Bertz CT molecular complexity index is 715. The van der Waals surface area contributed by atoms with Gasteiger partial charge in [0.25, 0.3) is 0 Å². The van der Waals surface area contributed by atoms with Crippen molar-refractivity contribution in [1.82, 2.24) is 0 Å². The minimum absolute atomic E-state index is 0.543.